The number of aliphatic hydroxyl groups excluding tert-OH is 1. The van der Waals surface area contributed by atoms with E-state index in [1.807, 2.05) is 77.2 Å². The van der Waals surface area contributed by atoms with Crippen LogP contribution in [-0.4, -0.2) is 34.4 Å². The van der Waals surface area contributed by atoms with Gasteiger partial charge in [0.15, 0.2) is 0 Å². The molecule has 1 saturated heterocycles. The summed E-state index contributed by atoms with van der Waals surface area (Å²) in [6.07, 6.45) is 11.8. The Morgan fingerprint density at radius 1 is 1.17 bits per heavy atom. The van der Waals surface area contributed by atoms with Crippen LogP contribution in [0.25, 0.3) is 0 Å². The van der Waals surface area contributed by atoms with Gasteiger partial charge in [0.1, 0.15) is 6.10 Å². The van der Waals surface area contributed by atoms with Crippen LogP contribution in [0.15, 0.2) is 59.3 Å². The van der Waals surface area contributed by atoms with E-state index in [9.17, 15) is 19.8 Å². The molecule has 5 heteroatoms. The molecule has 1 rings (SSSR count). The maximum atomic E-state index is 12.0. The van der Waals surface area contributed by atoms with Gasteiger partial charge in [-0.3, -0.25) is 9.59 Å². The maximum absolute atomic E-state index is 12.0. The maximum Gasteiger partial charge on any atom is 0.310 e. The lowest BCUT2D eigenvalue weighted by Gasteiger charge is -2.30. The van der Waals surface area contributed by atoms with Crippen molar-refractivity contribution in [1.82, 2.24) is 0 Å². The van der Waals surface area contributed by atoms with E-state index in [-0.39, 0.29) is 5.97 Å². The van der Waals surface area contributed by atoms with Crippen LogP contribution < -0.4 is 0 Å². The number of allylic oxidation sites excluding steroid dienone is 7. The van der Waals surface area contributed by atoms with E-state index in [0.717, 1.165) is 16.7 Å². The number of cyclic esters (lactones) is 1. The second kappa shape index (κ2) is 10.4. The quantitative estimate of drug-likeness (QED) is 0.352. The number of rotatable bonds is 8. The molecule has 160 valence electrons. The van der Waals surface area contributed by atoms with E-state index in [1.54, 1.807) is 13.8 Å². The minimum Gasteiger partial charge on any atom is -0.481 e. The Morgan fingerprint density at radius 3 is 2.34 bits per heavy atom. The molecule has 1 aliphatic heterocycles. The summed E-state index contributed by atoms with van der Waals surface area (Å²) in [5.41, 5.74) is 2.08. The van der Waals surface area contributed by atoms with Gasteiger partial charge in [-0.05, 0) is 45.8 Å². The molecular formula is C24H34O5. The Balaban J connectivity index is 2.91. The molecule has 0 saturated carbocycles. The Kier molecular flexibility index (Phi) is 8.83. The summed E-state index contributed by atoms with van der Waals surface area (Å²) in [5, 5.41) is 19.5. The molecule has 0 bridgehead atoms. The zero-order valence-electron chi connectivity index (χ0n) is 18.5. The largest absolute Gasteiger partial charge is 0.481 e. The number of carbonyl (C=O) groups is 2. The number of ether oxygens (including phenoxy) is 1. The first kappa shape index (κ1) is 24.6. The summed E-state index contributed by atoms with van der Waals surface area (Å²) in [4.78, 5) is 23.4. The van der Waals surface area contributed by atoms with Gasteiger partial charge in [-0.25, -0.2) is 0 Å². The summed E-state index contributed by atoms with van der Waals surface area (Å²) in [6.45, 7) is 12.8. The molecule has 5 atom stereocenters. The molecule has 0 unspecified atom stereocenters. The molecular weight excluding hydrogens is 368 g/mol. The van der Waals surface area contributed by atoms with Crippen LogP contribution in [0.4, 0.5) is 0 Å². The molecule has 29 heavy (non-hydrogen) atoms. The van der Waals surface area contributed by atoms with Crippen LogP contribution in [0.5, 0.6) is 0 Å². The van der Waals surface area contributed by atoms with Gasteiger partial charge >= 0.3 is 11.9 Å². The fourth-order valence-electron chi connectivity index (χ4n) is 3.40. The van der Waals surface area contributed by atoms with Gasteiger partial charge in [-0.2, -0.15) is 0 Å². The highest BCUT2D eigenvalue weighted by Crippen LogP contribution is 2.44. The molecule has 0 radical (unpaired) electrons. The van der Waals surface area contributed by atoms with E-state index in [4.69, 9.17) is 4.74 Å². The van der Waals surface area contributed by atoms with Gasteiger partial charge < -0.3 is 14.9 Å². The Morgan fingerprint density at radius 2 is 1.79 bits per heavy atom. The van der Waals surface area contributed by atoms with E-state index in [2.05, 4.69) is 0 Å². The zero-order valence-corrected chi connectivity index (χ0v) is 18.5. The standard InChI is InChI=1S/C24H34O5/c1-8-16(3)20(25)17(4)14-15(2)12-10-9-11-13-24(7)19(6)23(28)29-21(24)18(5)22(26)27/h8-14,18-21,25H,1-7H3,(H,26,27)/b10-9-,13-11+,15-12-,16-8+,17-14-/t18-,19+,20+,21+,24-/m1/s1. The number of carboxylic acid groups (broad SMARTS) is 1. The van der Waals surface area contributed by atoms with Crippen molar-refractivity contribution < 1.29 is 24.5 Å². The molecule has 0 aromatic rings. The second-order valence-corrected chi connectivity index (χ2v) is 8.05. The van der Waals surface area contributed by atoms with Crippen LogP contribution in [0.3, 0.4) is 0 Å². The highest BCUT2D eigenvalue weighted by atomic mass is 16.6. The fraction of sp³-hybridized carbons (Fsp3) is 0.500. The van der Waals surface area contributed by atoms with Crippen molar-refractivity contribution in [2.75, 3.05) is 0 Å². The highest BCUT2D eigenvalue weighted by molar-refractivity contribution is 5.79. The first-order chi connectivity index (χ1) is 13.5. The third kappa shape index (κ3) is 6.04. The molecule has 1 fully saturated rings. The lowest BCUT2D eigenvalue weighted by molar-refractivity contribution is -0.153. The van der Waals surface area contributed by atoms with Crippen LogP contribution >= 0.6 is 0 Å². The number of aliphatic carboxylic acids is 1. The summed E-state index contributed by atoms with van der Waals surface area (Å²) in [7, 11) is 0. The van der Waals surface area contributed by atoms with E-state index in [1.165, 1.54) is 0 Å². The monoisotopic (exact) mass is 402 g/mol. The van der Waals surface area contributed by atoms with Gasteiger partial charge in [0.25, 0.3) is 0 Å². The minimum absolute atomic E-state index is 0.370. The number of aliphatic hydroxyl groups is 1. The third-order valence-electron chi connectivity index (χ3n) is 5.80. The number of carbonyl (C=O) groups excluding carboxylic acids is 1. The lowest BCUT2D eigenvalue weighted by atomic mass is 9.72. The normalized spacial score (nSPS) is 28.8. The molecule has 0 aliphatic carbocycles. The molecule has 1 heterocycles. The minimum atomic E-state index is -0.983. The second-order valence-electron chi connectivity index (χ2n) is 8.05. The first-order valence-electron chi connectivity index (χ1n) is 9.90. The zero-order chi connectivity index (χ0) is 22.4. The average Bonchev–Trinajstić information content (AvgIpc) is 2.89. The van der Waals surface area contributed by atoms with Gasteiger partial charge in [0.2, 0.25) is 0 Å². The number of hydrogen-bond donors (Lipinski definition) is 2. The summed E-state index contributed by atoms with van der Waals surface area (Å²) in [5.74, 6) is -2.56. The Hall–Kier alpha value is -2.40. The number of carboxylic acids is 1. The topological polar surface area (TPSA) is 83.8 Å². The van der Waals surface area contributed by atoms with Crippen molar-refractivity contribution in [3.63, 3.8) is 0 Å². The van der Waals surface area contributed by atoms with Crippen LogP contribution in [0.1, 0.15) is 48.5 Å². The molecule has 0 aromatic carbocycles. The molecule has 2 N–H and O–H groups in total. The van der Waals surface area contributed by atoms with Crippen molar-refractivity contribution >= 4 is 11.9 Å². The highest BCUT2D eigenvalue weighted by Gasteiger charge is 2.53. The number of esters is 1. The fourth-order valence-corrected chi connectivity index (χ4v) is 3.40. The Labute approximate surface area is 174 Å². The van der Waals surface area contributed by atoms with Crippen LogP contribution in [0, 0.1) is 17.3 Å². The summed E-state index contributed by atoms with van der Waals surface area (Å²) >= 11 is 0. The van der Waals surface area contributed by atoms with Crippen molar-refractivity contribution in [2.24, 2.45) is 17.3 Å². The average molecular weight is 403 g/mol. The molecule has 0 aromatic heterocycles. The van der Waals surface area contributed by atoms with Gasteiger partial charge in [0.05, 0.1) is 17.9 Å². The third-order valence-corrected chi connectivity index (χ3v) is 5.80. The van der Waals surface area contributed by atoms with Crippen LogP contribution in [-0.2, 0) is 14.3 Å². The van der Waals surface area contributed by atoms with Crippen molar-refractivity contribution in [3.8, 4) is 0 Å². The predicted octanol–water partition coefficient (Wildman–Crippen LogP) is 4.61. The first-order valence-corrected chi connectivity index (χ1v) is 9.90. The number of hydrogen-bond acceptors (Lipinski definition) is 4. The smallest absolute Gasteiger partial charge is 0.310 e. The lowest BCUT2D eigenvalue weighted by Crippen LogP contribution is -2.38. The van der Waals surface area contributed by atoms with Crippen molar-refractivity contribution in [1.29, 1.82) is 0 Å². The van der Waals surface area contributed by atoms with E-state index >= 15 is 0 Å². The van der Waals surface area contributed by atoms with Gasteiger partial charge in [-0.15, -0.1) is 0 Å². The summed E-state index contributed by atoms with van der Waals surface area (Å²) < 4.78 is 5.36. The SMILES string of the molecule is C/C=C(\C)[C@H](O)\C(C)=C/C(C)=C\C=C/C=C/[C@]1(C)[C@@H](C)C(=O)O[C@H]1[C@@H](C)C(=O)O. The Bertz CT molecular complexity index is 768. The van der Waals surface area contributed by atoms with Crippen molar-refractivity contribution in [2.45, 2.75) is 60.7 Å². The van der Waals surface area contributed by atoms with E-state index < -0.39 is 35.4 Å². The molecule has 0 amide bonds. The van der Waals surface area contributed by atoms with Gasteiger partial charge in [0, 0.05) is 5.41 Å². The predicted molar refractivity (Wildman–Crippen MR) is 115 cm³/mol. The summed E-state index contributed by atoms with van der Waals surface area (Å²) in [6, 6.07) is 0. The molecule has 0 spiro atoms. The molecule has 5 nitrogen and oxygen atoms in total. The molecule has 1 aliphatic rings. The van der Waals surface area contributed by atoms with Crippen molar-refractivity contribution in [3.05, 3.63) is 59.3 Å². The van der Waals surface area contributed by atoms with Crippen LogP contribution in [0.2, 0.25) is 0 Å². The van der Waals surface area contributed by atoms with E-state index in [0.29, 0.717) is 0 Å². The van der Waals surface area contributed by atoms with Gasteiger partial charge in [-0.1, -0.05) is 62.0 Å².